The summed E-state index contributed by atoms with van der Waals surface area (Å²) < 4.78 is 11.0. The second-order valence-electron chi connectivity index (χ2n) is 7.40. The van der Waals surface area contributed by atoms with E-state index >= 15 is 0 Å². The molecule has 7 nitrogen and oxygen atoms in total. The van der Waals surface area contributed by atoms with Gasteiger partial charge in [0, 0.05) is 18.8 Å². The first-order valence-electron chi connectivity index (χ1n) is 10.4. The number of ether oxygens (including phenoxy) is 2. The third kappa shape index (κ3) is 4.66. The Hall–Kier alpha value is -3.06. The van der Waals surface area contributed by atoms with Crippen LogP contribution in [0.4, 0.5) is 11.5 Å². The van der Waals surface area contributed by atoms with Crippen LogP contribution in [0.15, 0.2) is 42.5 Å². The van der Waals surface area contributed by atoms with Crippen molar-refractivity contribution in [2.75, 3.05) is 37.0 Å². The number of piperidine rings is 1. The van der Waals surface area contributed by atoms with E-state index < -0.39 is 0 Å². The summed E-state index contributed by atoms with van der Waals surface area (Å²) in [4.78, 5) is 24.5. The number of nitrogens with zero attached hydrogens (tertiary/aromatic N) is 3. The highest BCUT2D eigenvalue weighted by molar-refractivity contribution is 6.32. The van der Waals surface area contributed by atoms with Crippen LogP contribution in [0.25, 0.3) is 11.0 Å². The molecule has 0 radical (unpaired) electrons. The molecule has 2 heterocycles. The number of carbonyl (C=O) groups is 1. The first kappa shape index (κ1) is 21.2. The van der Waals surface area contributed by atoms with E-state index in [1.807, 2.05) is 31.2 Å². The van der Waals surface area contributed by atoms with Gasteiger partial charge >= 0.3 is 0 Å². The number of nitrogens with one attached hydrogen (secondary N) is 1. The van der Waals surface area contributed by atoms with Gasteiger partial charge in [-0.3, -0.25) is 4.79 Å². The van der Waals surface area contributed by atoms with Gasteiger partial charge < -0.3 is 19.7 Å². The van der Waals surface area contributed by atoms with Crippen molar-refractivity contribution in [3.63, 3.8) is 0 Å². The number of anilines is 2. The number of amides is 1. The van der Waals surface area contributed by atoms with E-state index in [0.717, 1.165) is 30.4 Å². The maximum absolute atomic E-state index is 13.0. The highest BCUT2D eigenvalue weighted by Gasteiger charge is 2.29. The molecule has 0 unspecified atom stereocenters. The molecule has 2 aromatic carbocycles. The summed E-state index contributed by atoms with van der Waals surface area (Å²) >= 11 is 6.18. The van der Waals surface area contributed by atoms with Crippen LogP contribution in [-0.2, 0) is 4.79 Å². The van der Waals surface area contributed by atoms with Crippen molar-refractivity contribution in [3.05, 3.63) is 47.5 Å². The fourth-order valence-electron chi connectivity index (χ4n) is 3.79. The molecule has 4 rings (SSSR count). The summed E-state index contributed by atoms with van der Waals surface area (Å²) in [6.07, 6.45) is 1.68. The molecule has 3 aromatic rings. The minimum absolute atomic E-state index is 0.0439. The average molecular weight is 441 g/mol. The van der Waals surface area contributed by atoms with Crippen LogP contribution in [0.5, 0.6) is 11.6 Å². The molecule has 0 aliphatic carbocycles. The molecule has 0 spiro atoms. The molecule has 1 atom stereocenters. The molecule has 1 amide bonds. The molecule has 1 aliphatic heterocycles. The van der Waals surface area contributed by atoms with Gasteiger partial charge in [-0.1, -0.05) is 23.7 Å². The Balaban J connectivity index is 1.53. The van der Waals surface area contributed by atoms with Gasteiger partial charge in [-0.25, -0.2) is 9.97 Å². The van der Waals surface area contributed by atoms with Gasteiger partial charge in [0.25, 0.3) is 5.88 Å². The van der Waals surface area contributed by atoms with E-state index in [-0.39, 0.29) is 11.8 Å². The Bertz CT molecular complexity index is 1090. The van der Waals surface area contributed by atoms with Gasteiger partial charge in [0.1, 0.15) is 5.75 Å². The van der Waals surface area contributed by atoms with Crippen LogP contribution in [0.2, 0.25) is 5.02 Å². The number of hydrogen-bond acceptors (Lipinski definition) is 6. The number of hydrogen-bond donors (Lipinski definition) is 1. The number of para-hydroxylation sites is 2. The fraction of sp³-hybridized carbons (Fsp3) is 0.348. The Kier molecular flexibility index (Phi) is 6.42. The van der Waals surface area contributed by atoms with Crippen molar-refractivity contribution in [1.29, 1.82) is 0 Å². The highest BCUT2D eigenvalue weighted by Crippen LogP contribution is 2.32. The first-order valence-corrected chi connectivity index (χ1v) is 10.8. The maximum atomic E-state index is 13.0. The van der Waals surface area contributed by atoms with E-state index in [9.17, 15) is 4.79 Å². The predicted octanol–water partition coefficient (Wildman–Crippen LogP) is 4.55. The van der Waals surface area contributed by atoms with Gasteiger partial charge in [0.15, 0.2) is 5.82 Å². The summed E-state index contributed by atoms with van der Waals surface area (Å²) in [7, 11) is 1.56. The molecular weight excluding hydrogens is 416 g/mol. The Morgan fingerprint density at radius 2 is 2.00 bits per heavy atom. The standard InChI is InChI=1S/C23H25ClN4O3/c1-3-31-23-21(26-18-8-4-5-9-19(18)27-23)28-12-6-7-15(14-28)22(29)25-16-10-11-20(30-2)17(24)13-16/h4-5,8-11,13,15H,3,6-7,12,14H2,1-2H3,(H,25,29)/t15-/m0/s1. The van der Waals surface area contributed by atoms with Crippen LogP contribution in [0.3, 0.4) is 0 Å². The summed E-state index contributed by atoms with van der Waals surface area (Å²) in [5.74, 6) is 1.53. The van der Waals surface area contributed by atoms with Crippen molar-refractivity contribution in [2.24, 2.45) is 5.92 Å². The summed E-state index contributed by atoms with van der Waals surface area (Å²) in [6, 6.07) is 12.9. The van der Waals surface area contributed by atoms with E-state index in [1.165, 1.54) is 0 Å². The van der Waals surface area contributed by atoms with Crippen LogP contribution in [0.1, 0.15) is 19.8 Å². The summed E-state index contributed by atoms with van der Waals surface area (Å²) in [5.41, 5.74) is 2.24. The molecule has 0 saturated carbocycles. The highest BCUT2D eigenvalue weighted by atomic mass is 35.5. The number of rotatable bonds is 6. The van der Waals surface area contributed by atoms with Crippen LogP contribution in [-0.4, -0.2) is 42.7 Å². The zero-order valence-corrected chi connectivity index (χ0v) is 18.4. The van der Waals surface area contributed by atoms with E-state index in [0.29, 0.717) is 41.3 Å². The van der Waals surface area contributed by atoms with Crippen molar-refractivity contribution < 1.29 is 14.3 Å². The molecule has 1 saturated heterocycles. The van der Waals surface area contributed by atoms with E-state index in [1.54, 1.807) is 25.3 Å². The van der Waals surface area contributed by atoms with Crippen molar-refractivity contribution >= 4 is 40.0 Å². The van der Waals surface area contributed by atoms with Gasteiger partial charge in [-0.15, -0.1) is 0 Å². The minimum Gasteiger partial charge on any atom is -0.495 e. The van der Waals surface area contributed by atoms with Crippen molar-refractivity contribution in [2.45, 2.75) is 19.8 Å². The summed E-state index contributed by atoms with van der Waals surface area (Å²) in [5, 5.41) is 3.43. The number of aromatic nitrogens is 2. The van der Waals surface area contributed by atoms with Crippen molar-refractivity contribution in [3.8, 4) is 11.6 Å². The molecular formula is C23H25ClN4O3. The summed E-state index contributed by atoms with van der Waals surface area (Å²) in [6.45, 7) is 3.76. The lowest BCUT2D eigenvalue weighted by Gasteiger charge is -2.33. The topological polar surface area (TPSA) is 76.6 Å². The monoisotopic (exact) mass is 440 g/mol. The average Bonchev–Trinajstić information content (AvgIpc) is 2.79. The number of benzene rings is 2. The van der Waals surface area contributed by atoms with E-state index in [4.69, 9.17) is 26.1 Å². The molecule has 0 bridgehead atoms. The lowest BCUT2D eigenvalue weighted by Crippen LogP contribution is -2.41. The number of carbonyl (C=O) groups excluding carboxylic acids is 1. The zero-order chi connectivity index (χ0) is 21.8. The van der Waals surface area contributed by atoms with Crippen molar-refractivity contribution in [1.82, 2.24) is 9.97 Å². The molecule has 1 N–H and O–H groups in total. The van der Waals surface area contributed by atoms with Crippen LogP contribution in [0, 0.1) is 5.92 Å². The second-order valence-corrected chi connectivity index (χ2v) is 7.81. The lowest BCUT2D eigenvalue weighted by atomic mass is 9.97. The van der Waals surface area contributed by atoms with Gasteiger partial charge in [0.2, 0.25) is 5.91 Å². The van der Waals surface area contributed by atoms with E-state index in [2.05, 4.69) is 15.2 Å². The maximum Gasteiger partial charge on any atom is 0.258 e. The minimum atomic E-state index is -0.183. The third-order valence-corrected chi connectivity index (χ3v) is 5.61. The number of fused-ring (bicyclic) bond motifs is 1. The predicted molar refractivity (Wildman–Crippen MR) is 122 cm³/mol. The Morgan fingerprint density at radius 3 is 2.71 bits per heavy atom. The fourth-order valence-corrected chi connectivity index (χ4v) is 4.04. The van der Waals surface area contributed by atoms with Crippen LogP contribution < -0.4 is 19.7 Å². The zero-order valence-electron chi connectivity index (χ0n) is 17.6. The smallest absolute Gasteiger partial charge is 0.258 e. The molecule has 1 aromatic heterocycles. The van der Waals surface area contributed by atoms with Crippen LogP contribution >= 0.6 is 11.6 Å². The van der Waals surface area contributed by atoms with Gasteiger partial charge in [0.05, 0.1) is 35.7 Å². The SMILES string of the molecule is CCOc1nc2ccccc2nc1N1CCC[C@H](C(=O)Nc2ccc(OC)c(Cl)c2)C1. The second kappa shape index (κ2) is 9.39. The molecule has 31 heavy (non-hydrogen) atoms. The molecule has 162 valence electrons. The Morgan fingerprint density at radius 1 is 1.23 bits per heavy atom. The van der Waals surface area contributed by atoms with Gasteiger partial charge in [-0.05, 0) is 50.1 Å². The van der Waals surface area contributed by atoms with Gasteiger partial charge in [-0.2, -0.15) is 0 Å². The third-order valence-electron chi connectivity index (χ3n) is 5.31. The largest absolute Gasteiger partial charge is 0.495 e. The number of halogens is 1. The first-order chi connectivity index (χ1) is 15.1. The quantitative estimate of drug-likeness (QED) is 0.606. The molecule has 8 heteroatoms. The molecule has 1 fully saturated rings. The molecule has 1 aliphatic rings. The Labute approximate surface area is 186 Å². The lowest BCUT2D eigenvalue weighted by molar-refractivity contribution is -0.120. The number of methoxy groups -OCH3 is 1. The normalized spacial score (nSPS) is 16.2.